The van der Waals surface area contributed by atoms with Crippen LogP contribution >= 0.6 is 0 Å². The standard InChI is InChI=1S/C10H14FNO2/c1-6-3-4-7(8(13)5-12-2)10(14)9(6)11/h3-4,8,12-14H,5H2,1-2H3. The van der Waals surface area contributed by atoms with E-state index in [1.807, 2.05) is 0 Å². The lowest BCUT2D eigenvalue weighted by Crippen LogP contribution is -2.17. The molecule has 0 bridgehead atoms. The molecule has 0 aromatic heterocycles. The summed E-state index contributed by atoms with van der Waals surface area (Å²) in [6.07, 6.45) is -0.893. The maximum absolute atomic E-state index is 13.2. The Morgan fingerprint density at radius 1 is 1.50 bits per heavy atom. The van der Waals surface area contributed by atoms with Gasteiger partial charge in [0.05, 0.1) is 6.10 Å². The van der Waals surface area contributed by atoms with Crippen molar-refractivity contribution in [2.45, 2.75) is 13.0 Å². The van der Waals surface area contributed by atoms with E-state index >= 15 is 0 Å². The molecular weight excluding hydrogens is 185 g/mol. The van der Waals surface area contributed by atoms with Gasteiger partial charge in [0.1, 0.15) is 0 Å². The van der Waals surface area contributed by atoms with Crippen molar-refractivity contribution >= 4 is 0 Å². The van der Waals surface area contributed by atoms with Gasteiger partial charge >= 0.3 is 0 Å². The number of aliphatic hydroxyl groups is 1. The molecule has 0 fully saturated rings. The Morgan fingerprint density at radius 3 is 2.71 bits per heavy atom. The van der Waals surface area contributed by atoms with Gasteiger partial charge in [0.25, 0.3) is 0 Å². The van der Waals surface area contributed by atoms with Gasteiger partial charge in [-0.1, -0.05) is 12.1 Å². The predicted octanol–water partition coefficient (Wildman–Crippen LogP) is 1.09. The molecule has 4 heteroatoms. The summed E-state index contributed by atoms with van der Waals surface area (Å²) in [7, 11) is 1.67. The monoisotopic (exact) mass is 199 g/mol. The lowest BCUT2D eigenvalue weighted by molar-refractivity contribution is 0.173. The van der Waals surface area contributed by atoms with Crippen LogP contribution in [0, 0.1) is 12.7 Å². The number of likely N-dealkylation sites (N-methyl/N-ethyl adjacent to an activating group) is 1. The van der Waals surface area contributed by atoms with Crippen molar-refractivity contribution in [1.82, 2.24) is 5.32 Å². The Labute approximate surface area is 82.2 Å². The third-order valence-corrected chi connectivity index (χ3v) is 2.10. The van der Waals surface area contributed by atoms with Crippen LogP contribution in [0.4, 0.5) is 4.39 Å². The summed E-state index contributed by atoms with van der Waals surface area (Å²) in [6.45, 7) is 1.83. The first-order chi connectivity index (χ1) is 6.57. The van der Waals surface area contributed by atoms with Gasteiger partial charge in [-0.05, 0) is 19.5 Å². The van der Waals surface area contributed by atoms with Crippen molar-refractivity contribution in [3.05, 3.63) is 29.1 Å². The summed E-state index contributed by atoms with van der Waals surface area (Å²) in [5.74, 6) is -1.13. The van der Waals surface area contributed by atoms with E-state index in [4.69, 9.17) is 0 Å². The van der Waals surface area contributed by atoms with Crippen molar-refractivity contribution in [3.8, 4) is 5.75 Å². The Kier molecular flexibility index (Phi) is 3.43. The average Bonchev–Trinajstić information content (AvgIpc) is 2.15. The molecule has 0 saturated heterocycles. The number of benzene rings is 1. The summed E-state index contributed by atoms with van der Waals surface area (Å²) in [5.41, 5.74) is 0.574. The smallest absolute Gasteiger partial charge is 0.168 e. The first kappa shape index (κ1) is 10.9. The highest BCUT2D eigenvalue weighted by atomic mass is 19.1. The molecule has 1 atom stereocenters. The van der Waals surface area contributed by atoms with Gasteiger partial charge in [0, 0.05) is 12.1 Å². The molecule has 78 valence electrons. The molecule has 0 heterocycles. The molecule has 0 aliphatic heterocycles. The van der Waals surface area contributed by atoms with E-state index in [0.29, 0.717) is 5.56 Å². The van der Waals surface area contributed by atoms with E-state index in [0.717, 1.165) is 0 Å². The van der Waals surface area contributed by atoms with Crippen molar-refractivity contribution in [1.29, 1.82) is 0 Å². The molecule has 0 amide bonds. The van der Waals surface area contributed by atoms with Crippen LogP contribution in [0.3, 0.4) is 0 Å². The Balaban J connectivity index is 3.04. The van der Waals surface area contributed by atoms with Crippen molar-refractivity contribution < 1.29 is 14.6 Å². The second-order valence-corrected chi connectivity index (χ2v) is 3.21. The summed E-state index contributed by atoms with van der Waals surface area (Å²) in [6, 6.07) is 3.05. The van der Waals surface area contributed by atoms with Crippen LogP contribution in [0.25, 0.3) is 0 Å². The first-order valence-corrected chi connectivity index (χ1v) is 4.38. The number of rotatable bonds is 3. The van der Waals surface area contributed by atoms with Crippen molar-refractivity contribution in [2.75, 3.05) is 13.6 Å². The third kappa shape index (κ3) is 2.02. The van der Waals surface area contributed by atoms with E-state index in [9.17, 15) is 14.6 Å². The molecule has 0 aliphatic rings. The average molecular weight is 199 g/mol. The summed E-state index contributed by atoms with van der Waals surface area (Å²) in [4.78, 5) is 0. The zero-order valence-electron chi connectivity index (χ0n) is 8.21. The third-order valence-electron chi connectivity index (χ3n) is 2.10. The molecular formula is C10H14FNO2. The van der Waals surface area contributed by atoms with Gasteiger partial charge in [0.2, 0.25) is 0 Å². The second-order valence-electron chi connectivity index (χ2n) is 3.21. The molecule has 3 nitrogen and oxygen atoms in total. The number of hydrogen-bond acceptors (Lipinski definition) is 3. The Bertz CT molecular complexity index is 328. The van der Waals surface area contributed by atoms with Gasteiger partial charge in [-0.3, -0.25) is 0 Å². The zero-order chi connectivity index (χ0) is 10.7. The first-order valence-electron chi connectivity index (χ1n) is 4.38. The van der Waals surface area contributed by atoms with Crippen LogP contribution in [0.5, 0.6) is 5.75 Å². The minimum Gasteiger partial charge on any atom is -0.505 e. The molecule has 1 aromatic carbocycles. The van der Waals surface area contributed by atoms with Crippen LogP contribution in [0.1, 0.15) is 17.2 Å². The normalized spacial score (nSPS) is 12.9. The zero-order valence-corrected chi connectivity index (χ0v) is 8.21. The molecule has 1 aromatic rings. The predicted molar refractivity (Wildman–Crippen MR) is 51.7 cm³/mol. The fraction of sp³-hybridized carbons (Fsp3) is 0.400. The number of hydrogen-bond donors (Lipinski definition) is 3. The fourth-order valence-corrected chi connectivity index (χ4v) is 1.25. The molecule has 1 unspecified atom stereocenters. The van der Waals surface area contributed by atoms with Gasteiger partial charge in [-0.25, -0.2) is 4.39 Å². The highest BCUT2D eigenvalue weighted by Crippen LogP contribution is 2.28. The van der Waals surface area contributed by atoms with Crippen LogP contribution in [0.2, 0.25) is 0 Å². The van der Waals surface area contributed by atoms with Gasteiger partial charge < -0.3 is 15.5 Å². The van der Waals surface area contributed by atoms with Crippen LogP contribution in [0.15, 0.2) is 12.1 Å². The lowest BCUT2D eigenvalue weighted by atomic mass is 10.1. The number of aromatic hydroxyl groups is 1. The second kappa shape index (κ2) is 4.39. The number of halogens is 1. The number of aryl methyl sites for hydroxylation is 1. The SMILES string of the molecule is CNCC(O)c1ccc(C)c(F)c1O. The molecule has 1 rings (SSSR count). The molecule has 0 aliphatic carbocycles. The molecule has 3 N–H and O–H groups in total. The minimum absolute atomic E-state index is 0.211. The van der Waals surface area contributed by atoms with Gasteiger partial charge in [-0.15, -0.1) is 0 Å². The summed E-state index contributed by atoms with van der Waals surface area (Å²) >= 11 is 0. The van der Waals surface area contributed by atoms with Crippen molar-refractivity contribution in [3.63, 3.8) is 0 Å². The molecule has 14 heavy (non-hydrogen) atoms. The number of aliphatic hydroxyl groups excluding tert-OH is 1. The minimum atomic E-state index is -0.893. The van der Waals surface area contributed by atoms with Crippen LogP contribution in [-0.2, 0) is 0 Å². The van der Waals surface area contributed by atoms with E-state index in [-0.39, 0.29) is 12.1 Å². The van der Waals surface area contributed by atoms with E-state index in [1.165, 1.54) is 12.1 Å². The quantitative estimate of drug-likeness (QED) is 0.683. The van der Waals surface area contributed by atoms with Crippen molar-refractivity contribution in [2.24, 2.45) is 0 Å². The summed E-state index contributed by atoms with van der Waals surface area (Å²) in [5, 5.41) is 21.7. The Morgan fingerprint density at radius 2 is 2.14 bits per heavy atom. The number of phenols is 1. The van der Waals surface area contributed by atoms with E-state index in [1.54, 1.807) is 14.0 Å². The Hall–Kier alpha value is -1.13. The van der Waals surface area contributed by atoms with Crippen LogP contribution < -0.4 is 5.32 Å². The highest BCUT2D eigenvalue weighted by Gasteiger charge is 2.15. The fourth-order valence-electron chi connectivity index (χ4n) is 1.25. The number of nitrogens with one attached hydrogen (secondary N) is 1. The molecule has 0 spiro atoms. The van der Waals surface area contributed by atoms with E-state index in [2.05, 4.69) is 5.32 Å². The summed E-state index contributed by atoms with van der Waals surface area (Å²) < 4.78 is 13.2. The largest absolute Gasteiger partial charge is 0.505 e. The number of phenolic OH excluding ortho intramolecular Hbond substituents is 1. The topological polar surface area (TPSA) is 52.5 Å². The maximum Gasteiger partial charge on any atom is 0.168 e. The van der Waals surface area contributed by atoms with Gasteiger partial charge in [-0.2, -0.15) is 0 Å². The van der Waals surface area contributed by atoms with Gasteiger partial charge in [0.15, 0.2) is 11.6 Å². The lowest BCUT2D eigenvalue weighted by Gasteiger charge is -2.13. The maximum atomic E-state index is 13.2. The molecule has 0 radical (unpaired) electrons. The van der Waals surface area contributed by atoms with E-state index < -0.39 is 17.7 Å². The molecule has 0 saturated carbocycles. The van der Waals surface area contributed by atoms with Crippen LogP contribution in [-0.4, -0.2) is 23.8 Å². The highest BCUT2D eigenvalue weighted by molar-refractivity contribution is 5.39.